The van der Waals surface area contributed by atoms with Crippen molar-refractivity contribution in [1.29, 1.82) is 0 Å². The lowest BCUT2D eigenvalue weighted by Gasteiger charge is -2.35. The molecular formula is C23H25FN4O3. The van der Waals surface area contributed by atoms with E-state index >= 15 is 0 Å². The van der Waals surface area contributed by atoms with Gasteiger partial charge in [0.2, 0.25) is 11.8 Å². The van der Waals surface area contributed by atoms with Gasteiger partial charge < -0.3 is 19.1 Å². The lowest BCUT2D eigenvalue weighted by molar-refractivity contribution is 0.244. The second-order valence-corrected chi connectivity index (χ2v) is 7.19. The van der Waals surface area contributed by atoms with Crippen LogP contribution < -0.4 is 19.1 Å². The van der Waals surface area contributed by atoms with Gasteiger partial charge in [-0.1, -0.05) is 0 Å². The SMILES string of the molecule is COc1ccc(OC)c(CN2CCN(c3nccc(Oc4ccc(F)cc4)n3)CC2)c1. The number of ether oxygens (including phenoxy) is 3. The molecule has 0 saturated carbocycles. The first-order valence-corrected chi connectivity index (χ1v) is 10.1. The van der Waals surface area contributed by atoms with Gasteiger partial charge in [0, 0.05) is 50.6 Å². The molecule has 1 fully saturated rings. The van der Waals surface area contributed by atoms with Crippen LogP contribution in [0.4, 0.5) is 10.3 Å². The van der Waals surface area contributed by atoms with E-state index in [1.165, 1.54) is 12.1 Å². The minimum Gasteiger partial charge on any atom is -0.497 e. The van der Waals surface area contributed by atoms with Crippen LogP contribution >= 0.6 is 0 Å². The van der Waals surface area contributed by atoms with E-state index in [9.17, 15) is 4.39 Å². The average Bonchev–Trinajstić information content (AvgIpc) is 2.81. The minimum atomic E-state index is -0.305. The maximum Gasteiger partial charge on any atom is 0.228 e. The van der Waals surface area contributed by atoms with Crippen LogP contribution in [-0.4, -0.2) is 55.3 Å². The summed E-state index contributed by atoms with van der Waals surface area (Å²) in [4.78, 5) is 13.4. The molecule has 0 N–H and O–H groups in total. The number of methoxy groups -OCH3 is 2. The molecule has 0 atom stereocenters. The Hall–Kier alpha value is -3.39. The summed E-state index contributed by atoms with van der Waals surface area (Å²) in [5.74, 6) is 2.96. The predicted octanol–water partition coefficient (Wildman–Crippen LogP) is 3.75. The van der Waals surface area contributed by atoms with Crippen molar-refractivity contribution in [2.45, 2.75) is 6.54 Å². The fraction of sp³-hybridized carbons (Fsp3) is 0.304. The summed E-state index contributed by atoms with van der Waals surface area (Å²) in [6, 6.07) is 13.4. The summed E-state index contributed by atoms with van der Waals surface area (Å²) in [7, 11) is 3.35. The third-order valence-corrected chi connectivity index (χ3v) is 5.19. The summed E-state index contributed by atoms with van der Waals surface area (Å²) in [5, 5.41) is 0. The zero-order chi connectivity index (χ0) is 21.6. The van der Waals surface area contributed by atoms with Crippen molar-refractivity contribution >= 4 is 5.95 Å². The average molecular weight is 424 g/mol. The lowest BCUT2D eigenvalue weighted by Crippen LogP contribution is -2.46. The first-order chi connectivity index (χ1) is 15.1. The fourth-order valence-electron chi connectivity index (χ4n) is 3.52. The second-order valence-electron chi connectivity index (χ2n) is 7.19. The van der Waals surface area contributed by atoms with Crippen molar-refractivity contribution < 1.29 is 18.6 Å². The highest BCUT2D eigenvalue weighted by atomic mass is 19.1. The molecule has 0 spiro atoms. The van der Waals surface area contributed by atoms with Gasteiger partial charge in [-0.15, -0.1) is 0 Å². The van der Waals surface area contributed by atoms with Crippen molar-refractivity contribution in [3.8, 4) is 23.1 Å². The van der Waals surface area contributed by atoms with Gasteiger partial charge in [-0.3, -0.25) is 4.90 Å². The Bertz CT molecular complexity index is 1010. The molecule has 8 heteroatoms. The van der Waals surface area contributed by atoms with Crippen molar-refractivity contribution in [2.24, 2.45) is 0 Å². The Morgan fingerprint density at radius 2 is 1.65 bits per heavy atom. The van der Waals surface area contributed by atoms with Gasteiger partial charge in [-0.05, 0) is 42.5 Å². The number of piperazine rings is 1. The minimum absolute atomic E-state index is 0.305. The smallest absolute Gasteiger partial charge is 0.228 e. The highest BCUT2D eigenvalue weighted by Gasteiger charge is 2.21. The zero-order valence-electron chi connectivity index (χ0n) is 17.6. The number of hydrogen-bond donors (Lipinski definition) is 0. The van der Waals surface area contributed by atoms with E-state index in [2.05, 4.69) is 19.8 Å². The predicted molar refractivity (Wildman–Crippen MR) is 116 cm³/mol. The molecule has 4 rings (SSSR count). The van der Waals surface area contributed by atoms with Crippen LogP contribution in [0.25, 0.3) is 0 Å². The maximum absolute atomic E-state index is 13.1. The molecule has 1 aliphatic rings. The quantitative estimate of drug-likeness (QED) is 0.573. The van der Waals surface area contributed by atoms with E-state index in [1.807, 2.05) is 18.2 Å². The zero-order valence-corrected chi connectivity index (χ0v) is 17.6. The van der Waals surface area contributed by atoms with E-state index in [4.69, 9.17) is 14.2 Å². The first-order valence-electron chi connectivity index (χ1n) is 10.1. The number of halogens is 1. The Labute approximate surface area is 181 Å². The van der Waals surface area contributed by atoms with Crippen molar-refractivity contribution in [3.05, 3.63) is 66.1 Å². The van der Waals surface area contributed by atoms with Gasteiger partial charge in [0.25, 0.3) is 0 Å². The van der Waals surface area contributed by atoms with Gasteiger partial charge in [0.15, 0.2) is 0 Å². The largest absolute Gasteiger partial charge is 0.497 e. The lowest BCUT2D eigenvalue weighted by atomic mass is 10.1. The Balaban J connectivity index is 1.37. The van der Waals surface area contributed by atoms with Gasteiger partial charge in [0.05, 0.1) is 14.2 Å². The molecule has 1 aromatic heterocycles. The molecule has 0 radical (unpaired) electrons. The maximum atomic E-state index is 13.1. The van der Waals surface area contributed by atoms with Gasteiger partial charge in [-0.2, -0.15) is 4.98 Å². The van der Waals surface area contributed by atoms with Crippen LogP contribution in [0.3, 0.4) is 0 Å². The van der Waals surface area contributed by atoms with Gasteiger partial charge >= 0.3 is 0 Å². The molecule has 2 aromatic carbocycles. The van der Waals surface area contributed by atoms with Crippen LogP contribution in [0.1, 0.15) is 5.56 Å². The summed E-state index contributed by atoms with van der Waals surface area (Å²) in [6.07, 6.45) is 1.68. The van der Waals surface area contributed by atoms with Crippen molar-refractivity contribution in [3.63, 3.8) is 0 Å². The number of benzene rings is 2. The Kier molecular flexibility index (Phi) is 6.47. The summed E-state index contributed by atoms with van der Waals surface area (Å²) < 4.78 is 29.7. The third-order valence-electron chi connectivity index (χ3n) is 5.19. The molecule has 0 amide bonds. The number of rotatable bonds is 7. The van der Waals surface area contributed by atoms with Crippen molar-refractivity contribution in [2.75, 3.05) is 45.3 Å². The molecule has 7 nitrogen and oxygen atoms in total. The highest BCUT2D eigenvalue weighted by molar-refractivity contribution is 5.40. The summed E-state index contributed by atoms with van der Waals surface area (Å²) in [5.41, 5.74) is 1.10. The molecule has 2 heterocycles. The van der Waals surface area contributed by atoms with Crippen LogP contribution in [0.2, 0.25) is 0 Å². The fourth-order valence-corrected chi connectivity index (χ4v) is 3.52. The number of hydrogen-bond acceptors (Lipinski definition) is 7. The molecule has 1 aliphatic heterocycles. The molecule has 0 unspecified atom stereocenters. The van der Waals surface area contributed by atoms with Gasteiger partial charge in [-0.25, -0.2) is 9.37 Å². The molecular weight excluding hydrogens is 399 g/mol. The number of anilines is 1. The molecule has 1 saturated heterocycles. The van der Waals surface area contributed by atoms with E-state index < -0.39 is 0 Å². The van der Waals surface area contributed by atoms with Crippen LogP contribution in [0.15, 0.2) is 54.7 Å². The Morgan fingerprint density at radius 3 is 2.35 bits per heavy atom. The topological polar surface area (TPSA) is 60.0 Å². The van der Waals surface area contributed by atoms with Crippen LogP contribution in [0.5, 0.6) is 23.1 Å². The Morgan fingerprint density at radius 1 is 0.903 bits per heavy atom. The number of aromatic nitrogens is 2. The molecule has 31 heavy (non-hydrogen) atoms. The van der Waals surface area contributed by atoms with Crippen molar-refractivity contribution in [1.82, 2.24) is 14.9 Å². The second kappa shape index (κ2) is 9.61. The highest BCUT2D eigenvalue weighted by Crippen LogP contribution is 2.26. The van der Waals surface area contributed by atoms with E-state index in [1.54, 1.807) is 38.6 Å². The monoisotopic (exact) mass is 424 g/mol. The van der Waals surface area contributed by atoms with Crippen LogP contribution in [-0.2, 0) is 6.54 Å². The molecule has 0 bridgehead atoms. The first kappa shape index (κ1) is 20.9. The molecule has 162 valence electrons. The third kappa shape index (κ3) is 5.21. The van der Waals surface area contributed by atoms with Crippen LogP contribution in [0, 0.1) is 5.82 Å². The number of nitrogens with zero attached hydrogens (tertiary/aromatic N) is 4. The molecule has 0 aliphatic carbocycles. The van der Waals surface area contributed by atoms with E-state index in [0.29, 0.717) is 17.6 Å². The van der Waals surface area contributed by atoms with Gasteiger partial charge in [0.1, 0.15) is 23.1 Å². The molecule has 3 aromatic rings. The summed E-state index contributed by atoms with van der Waals surface area (Å²) in [6.45, 7) is 4.11. The summed E-state index contributed by atoms with van der Waals surface area (Å²) >= 11 is 0. The normalized spacial score (nSPS) is 14.4. The van der Waals surface area contributed by atoms with E-state index in [0.717, 1.165) is 49.8 Å². The standard InChI is InChI=1S/C23H25FN4O3/c1-29-20-7-8-21(30-2)17(15-20)16-27-11-13-28(14-12-27)23-25-10-9-22(26-23)31-19-5-3-18(24)4-6-19/h3-10,15H,11-14,16H2,1-2H3. The van der Waals surface area contributed by atoms with E-state index in [-0.39, 0.29) is 5.82 Å².